The summed E-state index contributed by atoms with van der Waals surface area (Å²) >= 11 is 5.72. The molecule has 10 heteroatoms. The zero-order valence-corrected chi connectivity index (χ0v) is 23.8. The first-order chi connectivity index (χ1) is 18.8. The van der Waals surface area contributed by atoms with Gasteiger partial charge in [-0.1, -0.05) is 30.3 Å². The normalized spacial score (nSPS) is 14.6. The lowest BCUT2D eigenvalue weighted by atomic mass is 10.1. The smallest absolute Gasteiger partial charge is 0.243 e. The van der Waals surface area contributed by atoms with Crippen LogP contribution in [0.4, 0.5) is 17.1 Å². The zero-order valence-electron chi connectivity index (χ0n) is 22.3. The molecule has 1 unspecified atom stereocenters. The first kappa shape index (κ1) is 28.7. The molecule has 1 aliphatic heterocycles. The van der Waals surface area contributed by atoms with E-state index < -0.39 is 16.1 Å². The molecule has 0 aliphatic carbocycles. The molecule has 39 heavy (non-hydrogen) atoms. The molecule has 4 rings (SSSR count). The minimum absolute atomic E-state index is 0.137. The van der Waals surface area contributed by atoms with E-state index in [1.165, 1.54) is 0 Å². The molecule has 1 heterocycles. The SMILES string of the molecule is COc1ccc(N2CCN(c3ccc(NC(=O)CCCCl)cc3S(=O)(=O)NC(C)c3ccccc3)CC2)cc1. The number of rotatable bonds is 11. The maximum Gasteiger partial charge on any atom is 0.243 e. The number of methoxy groups -OCH3 is 1. The number of ether oxygens (including phenoxy) is 1. The number of nitrogens with zero attached hydrogens (tertiary/aromatic N) is 2. The summed E-state index contributed by atoms with van der Waals surface area (Å²) in [5, 5.41) is 2.82. The van der Waals surface area contributed by atoms with E-state index in [1.54, 1.807) is 25.3 Å². The lowest BCUT2D eigenvalue weighted by Gasteiger charge is -2.38. The number of carbonyl (C=O) groups is 1. The summed E-state index contributed by atoms with van der Waals surface area (Å²) in [6, 6.07) is 22.0. The van der Waals surface area contributed by atoms with Crippen LogP contribution in [0.2, 0.25) is 0 Å². The monoisotopic (exact) mass is 570 g/mol. The van der Waals surface area contributed by atoms with E-state index in [2.05, 4.69) is 19.8 Å². The molecular weight excluding hydrogens is 536 g/mol. The molecule has 1 aliphatic rings. The molecule has 3 aromatic rings. The molecule has 0 saturated carbocycles. The summed E-state index contributed by atoms with van der Waals surface area (Å²) in [4.78, 5) is 16.8. The van der Waals surface area contributed by atoms with Crippen LogP contribution < -0.4 is 24.6 Å². The highest BCUT2D eigenvalue weighted by Crippen LogP contribution is 2.31. The second-order valence-electron chi connectivity index (χ2n) is 9.45. The van der Waals surface area contributed by atoms with Gasteiger partial charge in [-0.25, -0.2) is 13.1 Å². The van der Waals surface area contributed by atoms with Crippen molar-refractivity contribution in [2.75, 3.05) is 54.3 Å². The van der Waals surface area contributed by atoms with Gasteiger partial charge in [0, 0.05) is 55.9 Å². The van der Waals surface area contributed by atoms with Gasteiger partial charge in [-0.05, 0) is 61.4 Å². The molecule has 8 nitrogen and oxygen atoms in total. The molecule has 1 saturated heterocycles. The van der Waals surface area contributed by atoms with E-state index in [9.17, 15) is 13.2 Å². The van der Waals surface area contributed by atoms with Crippen molar-refractivity contribution >= 4 is 44.6 Å². The Morgan fingerprint density at radius 3 is 2.28 bits per heavy atom. The third kappa shape index (κ3) is 7.44. The first-order valence-corrected chi connectivity index (χ1v) is 15.0. The van der Waals surface area contributed by atoms with Crippen LogP contribution in [-0.2, 0) is 14.8 Å². The average Bonchev–Trinajstić information content (AvgIpc) is 2.96. The summed E-state index contributed by atoms with van der Waals surface area (Å²) in [6.07, 6.45) is 0.815. The van der Waals surface area contributed by atoms with Gasteiger partial charge in [0.15, 0.2) is 0 Å². The van der Waals surface area contributed by atoms with Gasteiger partial charge >= 0.3 is 0 Å². The molecule has 1 fully saturated rings. The van der Waals surface area contributed by atoms with Crippen molar-refractivity contribution in [1.29, 1.82) is 0 Å². The summed E-state index contributed by atoms with van der Waals surface area (Å²) in [6.45, 7) is 4.57. The van der Waals surface area contributed by atoms with Gasteiger partial charge < -0.3 is 19.9 Å². The minimum Gasteiger partial charge on any atom is -0.497 e. The zero-order chi connectivity index (χ0) is 27.8. The Morgan fingerprint density at radius 2 is 1.64 bits per heavy atom. The van der Waals surface area contributed by atoms with E-state index in [4.69, 9.17) is 16.3 Å². The molecule has 0 radical (unpaired) electrons. The third-order valence-corrected chi connectivity index (χ3v) is 8.60. The fourth-order valence-electron chi connectivity index (χ4n) is 4.62. The number of sulfonamides is 1. The maximum absolute atomic E-state index is 13.7. The number of benzene rings is 3. The summed E-state index contributed by atoms with van der Waals surface area (Å²) < 4.78 is 35.6. The number of hydrogen-bond acceptors (Lipinski definition) is 6. The number of piperazine rings is 1. The van der Waals surface area contributed by atoms with E-state index >= 15 is 0 Å². The molecule has 0 bridgehead atoms. The summed E-state index contributed by atoms with van der Waals surface area (Å²) in [5.74, 6) is 0.986. The van der Waals surface area contributed by atoms with Crippen molar-refractivity contribution in [2.45, 2.75) is 30.7 Å². The standard InChI is InChI=1S/C29H35ClN4O4S/c1-22(23-7-4-3-5-8-23)32-39(36,37)28-21-24(31-29(35)9-6-16-30)10-15-27(28)34-19-17-33(18-20-34)25-11-13-26(38-2)14-12-25/h3-5,7-8,10-15,21-22,32H,6,9,16-20H2,1-2H3,(H,31,35). The quantitative estimate of drug-likeness (QED) is 0.315. The average molecular weight is 571 g/mol. The fourth-order valence-corrected chi connectivity index (χ4v) is 6.24. The van der Waals surface area contributed by atoms with Gasteiger partial charge in [-0.3, -0.25) is 4.79 Å². The van der Waals surface area contributed by atoms with E-state index in [0.717, 1.165) is 30.1 Å². The minimum atomic E-state index is -3.93. The van der Waals surface area contributed by atoms with Crippen molar-refractivity contribution < 1.29 is 17.9 Å². The van der Waals surface area contributed by atoms with E-state index in [-0.39, 0.29) is 17.2 Å². The van der Waals surface area contributed by atoms with Crippen LogP contribution in [0.25, 0.3) is 0 Å². The molecule has 208 valence electrons. The number of anilines is 3. The Morgan fingerprint density at radius 1 is 0.974 bits per heavy atom. The second-order valence-corrected chi connectivity index (χ2v) is 11.5. The van der Waals surface area contributed by atoms with Crippen LogP contribution in [0.5, 0.6) is 5.75 Å². The topological polar surface area (TPSA) is 91.0 Å². The van der Waals surface area contributed by atoms with E-state index in [0.29, 0.717) is 36.8 Å². The largest absolute Gasteiger partial charge is 0.497 e. The number of hydrogen-bond donors (Lipinski definition) is 2. The van der Waals surface area contributed by atoms with Crippen molar-refractivity contribution in [3.05, 3.63) is 78.4 Å². The predicted molar refractivity (Wildman–Crippen MR) is 158 cm³/mol. The Hall–Kier alpha value is -3.27. The Labute approximate surface area is 236 Å². The van der Waals surface area contributed by atoms with Gasteiger partial charge in [-0.2, -0.15) is 0 Å². The van der Waals surface area contributed by atoms with Crippen LogP contribution in [0.3, 0.4) is 0 Å². The highest BCUT2D eigenvalue weighted by Gasteiger charge is 2.27. The van der Waals surface area contributed by atoms with Crippen LogP contribution >= 0.6 is 11.6 Å². The van der Waals surface area contributed by atoms with Crippen molar-refractivity contribution in [1.82, 2.24) is 4.72 Å². The van der Waals surface area contributed by atoms with Crippen LogP contribution in [0.15, 0.2) is 77.7 Å². The van der Waals surface area contributed by atoms with Crippen molar-refractivity contribution in [3.63, 3.8) is 0 Å². The number of nitrogens with one attached hydrogen (secondary N) is 2. The number of alkyl halides is 1. The van der Waals surface area contributed by atoms with Crippen LogP contribution in [-0.4, -0.2) is 53.5 Å². The highest BCUT2D eigenvalue weighted by atomic mass is 35.5. The molecule has 1 amide bonds. The van der Waals surface area contributed by atoms with E-state index in [1.807, 2.05) is 61.5 Å². The molecule has 2 N–H and O–H groups in total. The number of amides is 1. The molecule has 3 aromatic carbocycles. The Kier molecular flexibility index (Phi) is 9.72. The predicted octanol–water partition coefficient (Wildman–Crippen LogP) is 5.02. The number of halogens is 1. The first-order valence-electron chi connectivity index (χ1n) is 13.0. The highest BCUT2D eigenvalue weighted by molar-refractivity contribution is 7.89. The maximum atomic E-state index is 13.7. The second kappa shape index (κ2) is 13.2. The van der Waals surface area contributed by atoms with Crippen LogP contribution in [0.1, 0.15) is 31.4 Å². The molecular formula is C29H35ClN4O4S. The summed E-state index contributed by atoms with van der Waals surface area (Å²) in [7, 11) is -2.28. The summed E-state index contributed by atoms with van der Waals surface area (Å²) in [5.41, 5.74) is 3.00. The molecule has 1 atom stereocenters. The van der Waals surface area contributed by atoms with Crippen LogP contribution in [0, 0.1) is 0 Å². The third-order valence-electron chi connectivity index (χ3n) is 6.76. The lowest BCUT2D eigenvalue weighted by Crippen LogP contribution is -2.47. The Balaban J connectivity index is 1.57. The Bertz CT molecular complexity index is 1350. The fraction of sp³-hybridized carbons (Fsp3) is 0.345. The van der Waals surface area contributed by atoms with Crippen molar-refractivity contribution in [2.24, 2.45) is 0 Å². The van der Waals surface area contributed by atoms with Gasteiger partial charge in [-0.15, -0.1) is 11.6 Å². The van der Waals surface area contributed by atoms with Gasteiger partial charge in [0.25, 0.3) is 0 Å². The molecule has 0 spiro atoms. The van der Waals surface area contributed by atoms with Gasteiger partial charge in [0.05, 0.1) is 12.8 Å². The van der Waals surface area contributed by atoms with Gasteiger partial charge in [0.2, 0.25) is 15.9 Å². The molecule has 0 aromatic heterocycles. The van der Waals surface area contributed by atoms with Crippen molar-refractivity contribution in [3.8, 4) is 5.75 Å². The lowest BCUT2D eigenvalue weighted by molar-refractivity contribution is -0.116. The van der Waals surface area contributed by atoms with Gasteiger partial charge in [0.1, 0.15) is 10.6 Å². The number of carbonyl (C=O) groups excluding carboxylic acids is 1.